The van der Waals surface area contributed by atoms with Gasteiger partial charge in [0.15, 0.2) is 5.78 Å². The molecule has 4 heteroatoms. The summed E-state index contributed by atoms with van der Waals surface area (Å²) in [6, 6.07) is 4.08. The van der Waals surface area contributed by atoms with Crippen LogP contribution < -0.4 is 5.32 Å². The molecule has 2 fully saturated rings. The molecule has 1 N–H and O–H groups in total. The maximum Gasteiger partial charge on any atom is 0.235 e. The Morgan fingerprint density at radius 1 is 1.18 bits per heavy atom. The molecule has 1 unspecified atom stereocenters. The van der Waals surface area contributed by atoms with Crippen molar-refractivity contribution in [2.75, 3.05) is 7.11 Å². The van der Waals surface area contributed by atoms with Crippen molar-refractivity contribution in [1.82, 2.24) is 5.32 Å². The summed E-state index contributed by atoms with van der Waals surface area (Å²) in [6.07, 6.45) is 2.15. The van der Waals surface area contributed by atoms with Crippen molar-refractivity contribution in [2.45, 2.75) is 57.6 Å². The number of hydrogen-bond donors (Lipinski definition) is 1. The van der Waals surface area contributed by atoms with E-state index in [1.165, 1.54) is 0 Å². The van der Waals surface area contributed by atoms with Crippen molar-refractivity contribution < 1.29 is 14.3 Å². The van der Waals surface area contributed by atoms with Gasteiger partial charge in [0, 0.05) is 13.5 Å². The van der Waals surface area contributed by atoms with E-state index in [1.54, 1.807) is 7.11 Å². The lowest BCUT2D eigenvalue weighted by Gasteiger charge is -2.22. The summed E-state index contributed by atoms with van der Waals surface area (Å²) < 4.78 is 5.38. The third-order valence-electron chi connectivity index (χ3n) is 5.19. The van der Waals surface area contributed by atoms with Gasteiger partial charge in [-0.15, -0.1) is 0 Å². The monoisotopic (exact) mass is 301 g/mol. The van der Waals surface area contributed by atoms with E-state index in [0.29, 0.717) is 12.8 Å². The predicted octanol–water partition coefficient (Wildman–Crippen LogP) is 2.33. The zero-order chi connectivity index (χ0) is 16.1. The first-order valence-electron chi connectivity index (χ1n) is 7.85. The third kappa shape index (κ3) is 2.17. The van der Waals surface area contributed by atoms with Crippen molar-refractivity contribution in [1.29, 1.82) is 0 Å². The molecule has 0 radical (unpaired) electrons. The Kier molecular flexibility index (Phi) is 3.60. The van der Waals surface area contributed by atoms with E-state index in [0.717, 1.165) is 28.7 Å². The van der Waals surface area contributed by atoms with Crippen molar-refractivity contribution in [2.24, 2.45) is 0 Å². The molecule has 2 aliphatic rings. The number of Topliss-reactive ketones (excluding diaryl/α,β-unsaturated/α-hetero) is 1. The van der Waals surface area contributed by atoms with E-state index >= 15 is 0 Å². The van der Waals surface area contributed by atoms with Gasteiger partial charge in [0.2, 0.25) is 5.91 Å². The fraction of sp³-hybridized carbons (Fsp3) is 0.556. The van der Waals surface area contributed by atoms with Gasteiger partial charge >= 0.3 is 0 Å². The molecular formula is C18H23NO3. The smallest absolute Gasteiger partial charge is 0.235 e. The number of ketones is 1. The molecule has 0 bridgehead atoms. The van der Waals surface area contributed by atoms with E-state index in [9.17, 15) is 9.59 Å². The van der Waals surface area contributed by atoms with Crippen molar-refractivity contribution >= 4 is 11.7 Å². The number of carbonyl (C=O) groups is 2. The molecule has 1 aromatic rings. The first-order valence-corrected chi connectivity index (χ1v) is 7.85. The summed E-state index contributed by atoms with van der Waals surface area (Å²) in [5.74, 6) is -0.805. The number of amides is 1. The van der Waals surface area contributed by atoms with Gasteiger partial charge in [-0.1, -0.05) is 17.7 Å². The Morgan fingerprint density at radius 2 is 1.82 bits per heavy atom. The fourth-order valence-electron chi connectivity index (χ4n) is 4.21. The van der Waals surface area contributed by atoms with Crippen LogP contribution >= 0.6 is 0 Å². The molecule has 1 aromatic carbocycles. The topological polar surface area (TPSA) is 55.4 Å². The van der Waals surface area contributed by atoms with Crippen LogP contribution in [0.25, 0.3) is 0 Å². The lowest BCUT2D eigenvalue weighted by molar-refractivity contribution is -0.125. The lowest BCUT2D eigenvalue weighted by Crippen LogP contribution is -2.44. The molecule has 1 saturated carbocycles. The van der Waals surface area contributed by atoms with Gasteiger partial charge < -0.3 is 10.1 Å². The lowest BCUT2D eigenvalue weighted by atomic mass is 9.82. The van der Waals surface area contributed by atoms with Crippen LogP contribution in [-0.2, 0) is 14.3 Å². The molecule has 3 atom stereocenters. The summed E-state index contributed by atoms with van der Waals surface area (Å²) in [5.41, 5.74) is 3.35. The number of carbonyl (C=O) groups excluding carboxylic acids is 2. The standard InChI is InChI=1S/C18H23NO3/c1-10-7-11(2)14(12(3)8-10)15-16(20)18(19-17(15)21)6-5-13(9-18)22-4/h7-8,13,15H,5-6,9H2,1-4H3,(H,19,21)/t13-,15?,18-/m0/s1. The van der Waals surface area contributed by atoms with Crippen LogP contribution in [0.3, 0.4) is 0 Å². The predicted molar refractivity (Wildman–Crippen MR) is 83.9 cm³/mol. The number of aryl methyl sites for hydroxylation is 3. The Balaban J connectivity index is 2.00. The maximum atomic E-state index is 13.1. The highest BCUT2D eigenvalue weighted by atomic mass is 16.5. The molecule has 1 aliphatic heterocycles. The Labute approximate surface area is 131 Å². The largest absolute Gasteiger partial charge is 0.381 e. The summed E-state index contributed by atoms with van der Waals surface area (Å²) in [4.78, 5) is 25.6. The normalized spacial score (nSPS) is 31.1. The second kappa shape index (κ2) is 5.20. The highest BCUT2D eigenvalue weighted by Crippen LogP contribution is 2.42. The van der Waals surface area contributed by atoms with Crippen LogP contribution in [0, 0.1) is 20.8 Å². The van der Waals surface area contributed by atoms with Gasteiger partial charge in [-0.05, 0) is 50.3 Å². The van der Waals surface area contributed by atoms with Crippen LogP contribution in [-0.4, -0.2) is 30.4 Å². The number of ether oxygens (including phenoxy) is 1. The van der Waals surface area contributed by atoms with E-state index < -0.39 is 11.5 Å². The molecule has 4 nitrogen and oxygen atoms in total. The van der Waals surface area contributed by atoms with Crippen molar-refractivity contribution in [3.8, 4) is 0 Å². The van der Waals surface area contributed by atoms with Gasteiger partial charge in [-0.3, -0.25) is 9.59 Å². The van der Waals surface area contributed by atoms with Gasteiger partial charge in [0.25, 0.3) is 0 Å². The quantitative estimate of drug-likeness (QED) is 0.853. The molecule has 1 aliphatic carbocycles. The SMILES string of the molecule is CO[C@H]1CC[C@@]2(C1)NC(=O)C(c1c(C)cc(C)cc1C)C2=O. The molecular weight excluding hydrogens is 278 g/mol. The van der Waals surface area contributed by atoms with E-state index in [1.807, 2.05) is 32.9 Å². The van der Waals surface area contributed by atoms with Crippen LogP contribution in [0.1, 0.15) is 47.4 Å². The van der Waals surface area contributed by atoms with Crippen LogP contribution in [0.5, 0.6) is 0 Å². The Bertz CT molecular complexity index is 629. The summed E-state index contributed by atoms with van der Waals surface area (Å²) in [5, 5.41) is 2.99. The van der Waals surface area contributed by atoms with E-state index in [2.05, 4.69) is 5.32 Å². The number of nitrogens with one attached hydrogen (secondary N) is 1. The zero-order valence-electron chi connectivity index (χ0n) is 13.7. The summed E-state index contributed by atoms with van der Waals surface area (Å²) in [7, 11) is 1.66. The van der Waals surface area contributed by atoms with Gasteiger partial charge in [0.05, 0.1) is 6.10 Å². The molecule has 22 heavy (non-hydrogen) atoms. The van der Waals surface area contributed by atoms with Gasteiger partial charge in [0.1, 0.15) is 11.5 Å². The number of hydrogen-bond acceptors (Lipinski definition) is 3. The molecule has 1 spiro atoms. The van der Waals surface area contributed by atoms with Crippen molar-refractivity contribution in [3.05, 3.63) is 34.4 Å². The third-order valence-corrected chi connectivity index (χ3v) is 5.19. The fourth-order valence-corrected chi connectivity index (χ4v) is 4.21. The minimum Gasteiger partial charge on any atom is -0.381 e. The van der Waals surface area contributed by atoms with Crippen LogP contribution in [0.4, 0.5) is 0 Å². The summed E-state index contributed by atoms with van der Waals surface area (Å²) in [6.45, 7) is 5.99. The Hall–Kier alpha value is -1.68. The molecule has 1 saturated heterocycles. The molecule has 1 heterocycles. The number of rotatable bonds is 2. The maximum absolute atomic E-state index is 13.1. The Morgan fingerprint density at radius 3 is 2.36 bits per heavy atom. The number of methoxy groups -OCH3 is 1. The van der Waals surface area contributed by atoms with Gasteiger partial charge in [-0.25, -0.2) is 0 Å². The molecule has 1 amide bonds. The van der Waals surface area contributed by atoms with Crippen molar-refractivity contribution in [3.63, 3.8) is 0 Å². The average molecular weight is 301 g/mol. The summed E-state index contributed by atoms with van der Waals surface area (Å²) >= 11 is 0. The second-order valence-corrected chi connectivity index (χ2v) is 6.78. The number of benzene rings is 1. The first-order chi connectivity index (χ1) is 10.4. The second-order valence-electron chi connectivity index (χ2n) is 6.78. The average Bonchev–Trinajstić information content (AvgIpc) is 2.95. The molecule has 3 rings (SSSR count). The van der Waals surface area contributed by atoms with Crippen LogP contribution in [0.2, 0.25) is 0 Å². The minimum atomic E-state index is -0.716. The molecule has 0 aromatic heterocycles. The van der Waals surface area contributed by atoms with Crippen LogP contribution in [0.15, 0.2) is 12.1 Å². The van der Waals surface area contributed by atoms with E-state index in [4.69, 9.17) is 4.74 Å². The first kappa shape index (κ1) is 15.2. The zero-order valence-corrected chi connectivity index (χ0v) is 13.7. The minimum absolute atomic E-state index is 0.0205. The highest BCUT2D eigenvalue weighted by Gasteiger charge is 2.56. The van der Waals surface area contributed by atoms with Gasteiger partial charge in [-0.2, -0.15) is 0 Å². The van der Waals surface area contributed by atoms with E-state index in [-0.39, 0.29) is 17.8 Å². The molecule has 118 valence electrons. The highest BCUT2D eigenvalue weighted by molar-refractivity contribution is 6.17.